The standard InChI is InChI=1S/C12H21N3O2S/c1-7-10(18-9(3)13-7)8(2)14-15-11(16)17-12(4,5)6/h8,14H,1-6H3,(H,15,16). The number of nitrogens with zero attached hydrogens (tertiary/aromatic N) is 1. The molecule has 6 heteroatoms. The molecule has 1 amide bonds. The summed E-state index contributed by atoms with van der Waals surface area (Å²) in [7, 11) is 0. The second-order valence-electron chi connectivity index (χ2n) is 5.18. The topological polar surface area (TPSA) is 63.2 Å². The van der Waals surface area contributed by atoms with Crippen molar-refractivity contribution in [3.05, 3.63) is 15.6 Å². The van der Waals surface area contributed by atoms with Gasteiger partial charge in [-0.15, -0.1) is 11.3 Å². The summed E-state index contributed by atoms with van der Waals surface area (Å²) >= 11 is 1.62. The monoisotopic (exact) mass is 271 g/mol. The highest BCUT2D eigenvalue weighted by Crippen LogP contribution is 2.23. The van der Waals surface area contributed by atoms with Gasteiger partial charge in [-0.1, -0.05) is 0 Å². The fraction of sp³-hybridized carbons (Fsp3) is 0.667. The van der Waals surface area contributed by atoms with Crippen molar-refractivity contribution in [2.75, 3.05) is 0 Å². The van der Waals surface area contributed by atoms with E-state index < -0.39 is 11.7 Å². The number of carbonyl (C=O) groups excluding carboxylic acids is 1. The Kier molecular flexibility index (Phi) is 4.70. The molecule has 1 rings (SSSR count). The van der Waals surface area contributed by atoms with Crippen LogP contribution in [0.15, 0.2) is 0 Å². The number of aromatic nitrogens is 1. The van der Waals surface area contributed by atoms with Crippen molar-refractivity contribution in [1.29, 1.82) is 0 Å². The van der Waals surface area contributed by atoms with Crippen molar-refractivity contribution < 1.29 is 9.53 Å². The molecular formula is C12H21N3O2S. The van der Waals surface area contributed by atoms with Crippen LogP contribution in [0, 0.1) is 13.8 Å². The molecule has 0 aromatic carbocycles. The lowest BCUT2D eigenvalue weighted by Crippen LogP contribution is -2.42. The molecule has 1 aromatic heterocycles. The van der Waals surface area contributed by atoms with E-state index >= 15 is 0 Å². The van der Waals surface area contributed by atoms with Gasteiger partial charge in [0.15, 0.2) is 0 Å². The molecule has 0 saturated carbocycles. The Balaban J connectivity index is 2.49. The zero-order chi connectivity index (χ0) is 13.9. The third kappa shape index (κ3) is 4.62. The van der Waals surface area contributed by atoms with Crippen LogP contribution in [-0.2, 0) is 4.74 Å². The fourth-order valence-electron chi connectivity index (χ4n) is 1.49. The second-order valence-corrected chi connectivity index (χ2v) is 6.41. The molecule has 0 spiro atoms. The summed E-state index contributed by atoms with van der Waals surface area (Å²) in [5.74, 6) is 0. The minimum Gasteiger partial charge on any atom is -0.443 e. The summed E-state index contributed by atoms with van der Waals surface area (Å²) in [6.07, 6.45) is -0.478. The quantitative estimate of drug-likeness (QED) is 0.830. The predicted octanol–water partition coefficient (Wildman–Crippen LogP) is 2.85. The van der Waals surface area contributed by atoms with E-state index in [4.69, 9.17) is 4.74 Å². The molecule has 0 fully saturated rings. The van der Waals surface area contributed by atoms with Gasteiger partial charge in [0.1, 0.15) is 5.60 Å². The maximum atomic E-state index is 11.5. The Morgan fingerprint density at radius 3 is 2.44 bits per heavy atom. The smallest absolute Gasteiger partial charge is 0.422 e. The summed E-state index contributed by atoms with van der Waals surface area (Å²) < 4.78 is 5.13. The van der Waals surface area contributed by atoms with E-state index in [9.17, 15) is 4.79 Å². The molecule has 1 aromatic rings. The molecule has 0 saturated heterocycles. The van der Waals surface area contributed by atoms with Crippen LogP contribution < -0.4 is 10.9 Å². The Morgan fingerprint density at radius 1 is 1.39 bits per heavy atom. The van der Waals surface area contributed by atoms with E-state index in [0.717, 1.165) is 15.6 Å². The van der Waals surface area contributed by atoms with Gasteiger partial charge in [-0.3, -0.25) is 5.43 Å². The van der Waals surface area contributed by atoms with Gasteiger partial charge in [0.25, 0.3) is 0 Å². The lowest BCUT2D eigenvalue weighted by Gasteiger charge is -2.21. The predicted molar refractivity (Wildman–Crippen MR) is 72.5 cm³/mol. The van der Waals surface area contributed by atoms with Crippen LogP contribution in [0.5, 0.6) is 0 Å². The maximum absolute atomic E-state index is 11.5. The molecule has 0 aliphatic carbocycles. The Bertz CT molecular complexity index is 423. The molecular weight excluding hydrogens is 250 g/mol. The van der Waals surface area contributed by atoms with E-state index in [1.54, 1.807) is 11.3 Å². The molecule has 0 aliphatic heterocycles. The van der Waals surface area contributed by atoms with E-state index in [0.29, 0.717) is 0 Å². The minimum absolute atomic E-state index is 0.00344. The lowest BCUT2D eigenvalue weighted by molar-refractivity contribution is 0.0489. The Hall–Kier alpha value is -1.14. The van der Waals surface area contributed by atoms with Gasteiger partial charge in [-0.25, -0.2) is 15.2 Å². The molecule has 18 heavy (non-hydrogen) atoms. The normalized spacial score (nSPS) is 13.2. The highest BCUT2D eigenvalue weighted by atomic mass is 32.1. The van der Waals surface area contributed by atoms with Crippen LogP contribution in [-0.4, -0.2) is 16.7 Å². The van der Waals surface area contributed by atoms with Crippen molar-refractivity contribution in [2.45, 2.75) is 53.2 Å². The number of ether oxygens (including phenoxy) is 1. The van der Waals surface area contributed by atoms with Crippen molar-refractivity contribution >= 4 is 17.4 Å². The summed E-state index contributed by atoms with van der Waals surface area (Å²) in [5.41, 5.74) is 5.96. The van der Waals surface area contributed by atoms with Gasteiger partial charge >= 0.3 is 6.09 Å². The van der Waals surface area contributed by atoms with Crippen molar-refractivity contribution in [3.8, 4) is 0 Å². The molecule has 0 aliphatic rings. The highest BCUT2D eigenvalue weighted by Gasteiger charge is 2.18. The summed E-state index contributed by atoms with van der Waals surface area (Å²) in [6.45, 7) is 11.4. The molecule has 102 valence electrons. The first kappa shape index (κ1) is 14.9. The molecule has 5 nitrogen and oxygen atoms in total. The van der Waals surface area contributed by atoms with Crippen LogP contribution in [0.1, 0.15) is 49.3 Å². The van der Waals surface area contributed by atoms with Crippen molar-refractivity contribution in [3.63, 3.8) is 0 Å². The average Bonchev–Trinajstić information content (AvgIpc) is 2.52. The first-order valence-corrected chi connectivity index (χ1v) is 6.69. The van der Waals surface area contributed by atoms with Gasteiger partial charge in [0.05, 0.1) is 16.7 Å². The van der Waals surface area contributed by atoms with Crippen LogP contribution >= 0.6 is 11.3 Å². The first-order chi connectivity index (χ1) is 8.19. The van der Waals surface area contributed by atoms with Gasteiger partial charge in [-0.2, -0.15) is 0 Å². The third-order valence-corrected chi connectivity index (χ3v) is 3.38. The molecule has 0 radical (unpaired) electrons. The van der Waals surface area contributed by atoms with E-state index in [1.165, 1.54) is 0 Å². The van der Waals surface area contributed by atoms with E-state index in [1.807, 2.05) is 41.5 Å². The molecule has 2 N–H and O–H groups in total. The fourth-order valence-corrected chi connectivity index (χ4v) is 2.42. The number of aryl methyl sites for hydroxylation is 2. The van der Waals surface area contributed by atoms with Crippen LogP contribution in [0.25, 0.3) is 0 Å². The lowest BCUT2D eigenvalue weighted by atomic mass is 10.2. The van der Waals surface area contributed by atoms with Crippen LogP contribution in [0.4, 0.5) is 4.79 Å². The number of hydrogen-bond acceptors (Lipinski definition) is 5. The van der Waals surface area contributed by atoms with Gasteiger partial charge in [0, 0.05) is 4.88 Å². The molecule has 1 unspecified atom stereocenters. The first-order valence-electron chi connectivity index (χ1n) is 5.87. The van der Waals surface area contributed by atoms with E-state index in [2.05, 4.69) is 15.8 Å². The summed E-state index contributed by atoms with van der Waals surface area (Å²) in [4.78, 5) is 16.9. The average molecular weight is 271 g/mol. The third-order valence-electron chi connectivity index (χ3n) is 2.12. The Labute approximate surface area is 112 Å². The number of hydrazine groups is 1. The molecule has 1 atom stereocenters. The van der Waals surface area contributed by atoms with E-state index in [-0.39, 0.29) is 6.04 Å². The van der Waals surface area contributed by atoms with Gasteiger partial charge in [-0.05, 0) is 41.5 Å². The minimum atomic E-state index is -0.494. The van der Waals surface area contributed by atoms with Gasteiger partial charge < -0.3 is 4.74 Å². The Morgan fingerprint density at radius 2 is 2.00 bits per heavy atom. The SMILES string of the molecule is Cc1nc(C)c(C(C)NNC(=O)OC(C)(C)C)s1. The van der Waals surface area contributed by atoms with Crippen molar-refractivity contribution in [1.82, 2.24) is 15.8 Å². The number of hydrogen-bond donors (Lipinski definition) is 2. The maximum Gasteiger partial charge on any atom is 0.422 e. The van der Waals surface area contributed by atoms with Crippen LogP contribution in [0.2, 0.25) is 0 Å². The molecule has 0 bridgehead atoms. The second kappa shape index (κ2) is 5.67. The number of thiazole rings is 1. The number of nitrogens with one attached hydrogen (secondary N) is 2. The van der Waals surface area contributed by atoms with Crippen LogP contribution in [0.3, 0.4) is 0 Å². The summed E-state index contributed by atoms with van der Waals surface area (Å²) in [6, 6.07) is 0.00344. The number of carbonyl (C=O) groups is 1. The number of rotatable bonds is 3. The number of amides is 1. The zero-order valence-electron chi connectivity index (χ0n) is 11.7. The highest BCUT2D eigenvalue weighted by molar-refractivity contribution is 7.11. The summed E-state index contributed by atoms with van der Waals surface area (Å²) in [5, 5.41) is 1.02. The van der Waals surface area contributed by atoms with Gasteiger partial charge in [0.2, 0.25) is 0 Å². The van der Waals surface area contributed by atoms with Crippen molar-refractivity contribution in [2.24, 2.45) is 0 Å². The largest absolute Gasteiger partial charge is 0.443 e. The zero-order valence-corrected chi connectivity index (χ0v) is 12.6. The molecule has 1 heterocycles.